The standard InChI is InChI=1S/C22H20N4O3S/c1-12-20-16(13-5-4-6-14(9-13)28-2)11-19(27)24-21(20)26(25-12)22-23-17-8-7-15(29-3)10-18(17)30-22/h4-10,16H,11H2,1-3H3,(H,24,27)/t16-/m1/s1. The van der Waals surface area contributed by atoms with Crippen LogP contribution in [0.25, 0.3) is 15.3 Å². The van der Waals surface area contributed by atoms with Crippen molar-refractivity contribution in [3.8, 4) is 16.6 Å². The van der Waals surface area contributed by atoms with Crippen LogP contribution in [-0.2, 0) is 4.79 Å². The lowest BCUT2D eigenvalue weighted by atomic mass is 9.86. The zero-order valence-electron chi connectivity index (χ0n) is 16.8. The number of ether oxygens (including phenoxy) is 2. The summed E-state index contributed by atoms with van der Waals surface area (Å²) in [6, 6.07) is 13.6. The van der Waals surface area contributed by atoms with Crippen LogP contribution in [0.1, 0.15) is 29.2 Å². The summed E-state index contributed by atoms with van der Waals surface area (Å²) in [6.07, 6.45) is 0.365. The van der Waals surface area contributed by atoms with Crippen molar-refractivity contribution in [2.75, 3.05) is 19.5 Å². The van der Waals surface area contributed by atoms with Crippen LogP contribution in [0.15, 0.2) is 42.5 Å². The quantitative estimate of drug-likeness (QED) is 0.533. The van der Waals surface area contributed by atoms with Crippen LogP contribution < -0.4 is 14.8 Å². The maximum atomic E-state index is 12.6. The summed E-state index contributed by atoms with van der Waals surface area (Å²) < 4.78 is 13.4. The molecule has 0 radical (unpaired) electrons. The van der Waals surface area contributed by atoms with Crippen LogP contribution in [0.5, 0.6) is 11.5 Å². The average Bonchev–Trinajstić information content (AvgIpc) is 3.33. The Labute approximate surface area is 177 Å². The predicted molar refractivity (Wildman–Crippen MR) is 116 cm³/mol. The highest BCUT2D eigenvalue weighted by Crippen LogP contribution is 2.41. The third-order valence-corrected chi connectivity index (χ3v) is 6.36. The fourth-order valence-electron chi connectivity index (χ4n) is 3.94. The number of anilines is 1. The molecule has 1 amide bonds. The fraction of sp³-hybridized carbons (Fsp3) is 0.227. The van der Waals surface area contributed by atoms with Gasteiger partial charge in [-0.05, 0) is 42.8 Å². The zero-order valence-corrected chi connectivity index (χ0v) is 17.6. The number of aromatic nitrogens is 3. The highest BCUT2D eigenvalue weighted by Gasteiger charge is 2.33. The van der Waals surface area contributed by atoms with Crippen LogP contribution in [0.2, 0.25) is 0 Å². The number of nitrogens with zero attached hydrogens (tertiary/aromatic N) is 3. The predicted octanol–water partition coefficient (Wildman–Crippen LogP) is 4.28. The van der Waals surface area contributed by atoms with E-state index in [0.717, 1.165) is 38.5 Å². The molecule has 2 aromatic heterocycles. The third-order valence-electron chi connectivity index (χ3n) is 5.36. The lowest BCUT2D eigenvalue weighted by molar-refractivity contribution is -0.116. The Hall–Kier alpha value is -3.39. The Balaban J connectivity index is 1.64. The molecule has 30 heavy (non-hydrogen) atoms. The fourth-order valence-corrected chi connectivity index (χ4v) is 4.89. The van der Waals surface area contributed by atoms with Gasteiger partial charge in [0.15, 0.2) is 0 Å². The van der Waals surface area contributed by atoms with Crippen molar-refractivity contribution in [3.05, 3.63) is 59.3 Å². The number of methoxy groups -OCH3 is 2. The van der Waals surface area contributed by atoms with E-state index in [1.807, 2.05) is 49.4 Å². The molecule has 1 aliphatic rings. The molecule has 1 aliphatic heterocycles. The summed E-state index contributed by atoms with van der Waals surface area (Å²) in [5, 5.41) is 8.46. The van der Waals surface area contributed by atoms with Gasteiger partial charge in [0.2, 0.25) is 11.0 Å². The van der Waals surface area contributed by atoms with Crippen molar-refractivity contribution >= 4 is 33.3 Å². The van der Waals surface area contributed by atoms with E-state index < -0.39 is 0 Å². The molecule has 8 heteroatoms. The maximum Gasteiger partial charge on any atom is 0.226 e. The van der Waals surface area contributed by atoms with Gasteiger partial charge in [-0.2, -0.15) is 9.78 Å². The van der Waals surface area contributed by atoms with Crippen LogP contribution in [0.3, 0.4) is 0 Å². The maximum absolute atomic E-state index is 12.6. The molecule has 1 N–H and O–H groups in total. The Morgan fingerprint density at radius 1 is 1.13 bits per heavy atom. The van der Waals surface area contributed by atoms with Crippen LogP contribution in [0.4, 0.5) is 5.82 Å². The molecule has 0 spiro atoms. The minimum atomic E-state index is -0.0907. The summed E-state index contributed by atoms with van der Waals surface area (Å²) in [5.41, 5.74) is 3.78. The number of carbonyl (C=O) groups excluding carboxylic acids is 1. The van der Waals surface area contributed by atoms with Crippen molar-refractivity contribution in [2.24, 2.45) is 0 Å². The number of thiazole rings is 1. The molecular formula is C22H20N4O3S. The van der Waals surface area contributed by atoms with E-state index >= 15 is 0 Å². The van der Waals surface area contributed by atoms with Crippen LogP contribution >= 0.6 is 11.3 Å². The van der Waals surface area contributed by atoms with Gasteiger partial charge in [0.25, 0.3) is 0 Å². The second-order valence-corrected chi connectivity index (χ2v) is 8.18. The molecule has 3 heterocycles. The van der Waals surface area contributed by atoms with Gasteiger partial charge in [0, 0.05) is 17.9 Å². The number of fused-ring (bicyclic) bond motifs is 2. The molecule has 152 valence electrons. The highest BCUT2D eigenvalue weighted by atomic mass is 32.1. The summed E-state index contributed by atoms with van der Waals surface area (Å²) in [7, 11) is 3.29. The number of carbonyl (C=O) groups is 1. The third kappa shape index (κ3) is 3.00. The van der Waals surface area contributed by atoms with Crippen molar-refractivity contribution in [1.29, 1.82) is 0 Å². The molecule has 0 unspecified atom stereocenters. The van der Waals surface area contributed by atoms with E-state index in [9.17, 15) is 4.79 Å². The lowest BCUT2D eigenvalue weighted by Gasteiger charge is -2.24. The second kappa shape index (κ2) is 7.14. The molecule has 7 nitrogen and oxygen atoms in total. The number of hydrogen-bond donors (Lipinski definition) is 1. The molecule has 0 saturated heterocycles. The Bertz CT molecular complexity index is 1280. The Kier molecular flexibility index (Phi) is 4.43. The van der Waals surface area contributed by atoms with E-state index in [1.165, 1.54) is 11.3 Å². The molecule has 0 fully saturated rings. The minimum Gasteiger partial charge on any atom is -0.497 e. The molecule has 0 saturated carbocycles. The van der Waals surface area contributed by atoms with Crippen molar-refractivity contribution in [2.45, 2.75) is 19.3 Å². The second-order valence-electron chi connectivity index (χ2n) is 7.17. The molecule has 5 rings (SSSR count). The van der Waals surface area contributed by atoms with Crippen molar-refractivity contribution < 1.29 is 14.3 Å². The van der Waals surface area contributed by atoms with Gasteiger partial charge in [-0.1, -0.05) is 23.5 Å². The van der Waals surface area contributed by atoms with Gasteiger partial charge in [0.1, 0.15) is 17.3 Å². The zero-order chi connectivity index (χ0) is 20.8. The topological polar surface area (TPSA) is 78.3 Å². The average molecular weight is 420 g/mol. The number of rotatable bonds is 4. The van der Waals surface area contributed by atoms with E-state index in [4.69, 9.17) is 19.6 Å². The van der Waals surface area contributed by atoms with Gasteiger partial charge < -0.3 is 14.8 Å². The largest absolute Gasteiger partial charge is 0.497 e. The molecule has 0 aliphatic carbocycles. The van der Waals surface area contributed by atoms with Gasteiger partial charge in [-0.3, -0.25) is 4.79 Å². The molecule has 2 aromatic carbocycles. The summed E-state index contributed by atoms with van der Waals surface area (Å²) >= 11 is 1.51. The molecule has 0 bridgehead atoms. The minimum absolute atomic E-state index is 0.0424. The van der Waals surface area contributed by atoms with E-state index in [2.05, 4.69) is 5.32 Å². The van der Waals surface area contributed by atoms with Gasteiger partial charge in [-0.15, -0.1) is 0 Å². The van der Waals surface area contributed by atoms with Crippen molar-refractivity contribution in [1.82, 2.24) is 14.8 Å². The molecular weight excluding hydrogens is 400 g/mol. The number of aryl methyl sites for hydroxylation is 1. The highest BCUT2D eigenvalue weighted by molar-refractivity contribution is 7.20. The first-order valence-electron chi connectivity index (χ1n) is 9.55. The smallest absolute Gasteiger partial charge is 0.226 e. The lowest BCUT2D eigenvalue weighted by Crippen LogP contribution is -2.24. The monoisotopic (exact) mass is 420 g/mol. The first-order valence-corrected chi connectivity index (χ1v) is 10.4. The number of amides is 1. The number of benzene rings is 2. The molecule has 1 atom stereocenters. The van der Waals surface area contributed by atoms with E-state index in [1.54, 1.807) is 18.9 Å². The number of hydrogen-bond acceptors (Lipinski definition) is 6. The normalized spacial score (nSPS) is 15.7. The first kappa shape index (κ1) is 18.6. The van der Waals surface area contributed by atoms with E-state index in [-0.39, 0.29) is 11.8 Å². The molecule has 4 aromatic rings. The first-order chi connectivity index (χ1) is 14.6. The van der Waals surface area contributed by atoms with Gasteiger partial charge in [0.05, 0.1) is 30.1 Å². The summed E-state index contributed by atoms with van der Waals surface area (Å²) in [5.74, 6) is 2.10. The van der Waals surface area contributed by atoms with Crippen LogP contribution in [-0.4, -0.2) is 34.9 Å². The number of nitrogens with one attached hydrogen (secondary N) is 1. The Morgan fingerprint density at radius 2 is 1.93 bits per heavy atom. The summed E-state index contributed by atoms with van der Waals surface area (Å²) in [4.78, 5) is 17.3. The van der Waals surface area contributed by atoms with E-state index in [0.29, 0.717) is 17.4 Å². The summed E-state index contributed by atoms with van der Waals surface area (Å²) in [6.45, 7) is 1.97. The van der Waals surface area contributed by atoms with Gasteiger partial charge in [-0.25, -0.2) is 4.98 Å². The van der Waals surface area contributed by atoms with Crippen molar-refractivity contribution in [3.63, 3.8) is 0 Å². The Morgan fingerprint density at radius 3 is 2.73 bits per heavy atom. The van der Waals surface area contributed by atoms with Gasteiger partial charge >= 0.3 is 0 Å². The van der Waals surface area contributed by atoms with Crippen LogP contribution in [0, 0.1) is 6.92 Å². The SMILES string of the molecule is COc1cccc([C@H]2CC(=O)Nc3c2c(C)nn3-c2nc3ccc(OC)cc3s2)c1.